The largest absolute Gasteiger partial charge is 0.396 e. The number of unbranched alkanes of at least 4 members (excludes halogenated alkanes) is 1. The van der Waals surface area contributed by atoms with Gasteiger partial charge in [-0.15, -0.1) is 0 Å². The second-order valence-electron chi connectivity index (χ2n) is 4.46. The Hall–Kier alpha value is -1.39. The highest BCUT2D eigenvalue weighted by Gasteiger charge is 2.34. The maximum Gasteiger partial charge on any atom is 0.248 e. The van der Waals surface area contributed by atoms with Gasteiger partial charge in [0.15, 0.2) is 0 Å². The van der Waals surface area contributed by atoms with Crippen molar-refractivity contribution in [1.29, 1.82) is 0 Å². The fraction of sp³-hybridized carbons (Fsp3) is 0.462. The maximum atomic E-state index is 12.0. The van der Waals surface area contributed by atoms with E-state index in [2.05, 4.69) is 0 Å². The van der Waals surface area contributed by atoms with E-state index in [0.717, 1.165) is 23.2 Å². The van der Waals surface area contributed by atoms with Gasteiger partial charge in [0.1, 0.15) is 6.04 Å². The number of aliphatic hydroxyl groups excluding tert-OH is 1. The van der Waals surface area contributed by atoms with Gasteiger partial charge < -0.3 is 15.7 Å². The van der Waals surface area contributed by atoms with Crippen LogP contribution in [0.1, 0.15) is 30.0 Å². The Kier molecular flexibility index (Phi) is 3.45. The fourth-order valence-corrected chi connectivity index (χ4v) is 2.20. The third kappa shape index (κ3) is 2.18. The Bertz CT molecular complexity index is 431. The molecule has 2 rings (SSSR count). The molecule has 0 spiro atoms. The van der Waals surface area contributed by atoms with Crippen LogP contribution in [-0.2, 0) is 4.79 Å². The Balaban J connectivity index is 2.22. The van der Waals surface area contributed by atoms with Gasteiger partial charge >= 0.3 is 0 Å². The molecule has 1 unspecified atom stereocenters. The van der Waals surface area contributed by atoms with Crippen molar-refractivity contribution in [2.45, 2.75) is 25.8 Å². The first kappa shape index (κ1) is 12.1. The van der Waals surface area contributed by atoms with Crippen LogP contribution in [0.25, 0.3) is 0 Å². The van der Waals surface area contributed by atoms with Gasteiger partial charge in [0.05, 0.1) is 0 Å². The van der Waals surface area contributed by atoms with E-state index < -0.39 is 6.04 Å². The van der Waals surface area contributed by atoms with Crippen LogP contribution < -0.4 is 10.6 Å². The fourth-order valence-electron chi connectivity index (χ4n) is 2.20. The molecule has 0 saturated heterocycles. The second kappa shape index (κ2) is 4.85. The Labute approximate surface area is 101 Å². The molecule has 0 aromatic heterocycles. The molecule has 0 aliphatic carbocycles. The highest BCUT2D eigenvalue weighted by Crippen LogP contribution is 2.35. The molecule has 1 amide bonds. The van der Waals surface area contributed by atoms with Crippen LogP contribution in [0.2, 0.25) is 0 Å². The summed E-state index contributed by atoms with van der Waals surface area (Å²) in [5.41, 5.74) is 8.87. The number of hydrogen-bond donors (Lipinski definition) is 2. The summed E-state index contributed by atoms with van der Waals surface area (Å²) in [4.78, 5) is 13.7. The molecule has 0 radical (unpaired) electrons. The van der Waals surface area contributed by atoms with E-state index in [4.69, 9.17) is 10.8 Å². The minimum absolute atomic E-state index is 0.0384. The van der Waals surface area contributed by atoms with Crippen LogP contribution >= 0.6 is 0 Å². The summed E-state index contributed by atoms with van der Waals surface area (Å²) >= 11 is 0. The van der Waals surface area contributed by atoms with E-state index in [1.165, 1.54) is 0 Å². The molecule has 0 saturated carbocycles. The number of aliphatic hydroxyl groups is 1. The SMILES string of the molecule is Cc1ccc2c(c1)C(N)C(=O)N2CCCCO. The lowest BCUT2D eigenvalue weighted by molar-refractivity contribution is -0.119. The van der Waals surface area contributed by atoms with Gasteiger partial charge in [0.25, 0.3) is 0 Å². The quantitative estimate of drug-likeness (QED) is 0.767. The normalized spacial score (nSPS) is 18.6. The van der Waals surface area contributed by atoms with Crippen LogP contribution in [0.5, 0.6) is 0 Å². The smallest absolute Gasteiger partial charge is 0.248 e. The molecule has 4 heteroatoms. The van der Waals surface area contributed by atoms with Crippen molar-refractivity contribution in [2.24, 2.45) is 5.73 Å². The van der Waals surface area contributed by atoms with Crippen molar-refractivity contribution in [3.8, 4) is 0 Å². The molecule has 1 aromatic rings. The molecule has 1 aromatic carbocycles. The van der Waals surface area contributed by atoms with Crippen molar-refractivity contribution in [2.75, 3.05) is 18.1 Å². The molecule has 0 fully saturated rings. The molecular weight excluding hydrogens is 216 g/mol. The number of amides is 1. The molecule has 1 atom stereocenters. The van der Waals surface area contributed by atoms with Gasteiger partial charge in [-0.3, -0.25) is 4.79 Å². The van der Waals surface area contributed by atoms with Gasteiger partial charge in [0, 0.05) is 24.4 Å². The molecule has 1 heterocycles. The molecule has 92 valence electrons. The third-order valence-electron chi connectivity index (χ3n) is 3.13. The van der Waals surface area contributed by atoms with E-state index >= 15 is 0 Å². The third-order valence-corrected chi connectivity index (χ3v) is 3.13. The van der Waals surface area contributed by atoms with Gasteiger partial charge in [-0.2, -0.15) is 0 Å². The van der Waals surface area contributed by atoms with Crippen molar-refractivity contribution in [3.05, 3.63) is 29.3 Å². The molecule has 4 nitrogen and oxygen atoms in total. The van der Waals surface area contributed by atoms with Gasteiger partial charge in [0.2, 0.25) is 5.91 Å². The van der Waals surface area contributed by atoms with Gasteiger partial charge in [-0.25, -0.2) is 0 Å². The predicted octanol–water partition coefficient (Wildman–Crippen LogP) is 1.11. The summed E-state index contributed by atoms with van der Waals surface area (Å²) < 4.78 is 0. The van der Waals surface area contributed by atoms with E-state index in [-0.39, 0.29) is 12.5 Å². The molecular formula is C13H18N2O2. The number of carbonyl (C=O) groups excluding carboxylic acids is 1. The maximum absolute atomic E-state index is 12.0. The number of anilines is 1. The summed E-state index contributed by atoms with van der Waals surface area (Å²) in [6, 6.07) is 5.39. The van der Waals surface area contributed by atoms with Crippen LogP contribution in [0.3, 0.4) is 0 Å². The molecule has 1 aliphatic heterocycles. The topological polar surface area (TPSA) is 66.6 Å². The number of nitrogens with zero attached hydrogens (tertiary/aromatic N) is 1. The number of fused-ring (bicyclic) bond motifs is 1. The molecule has 17 heavy (non-hydrogen) atoms. The average Bonchev–Trinajstić information content (AvgIpc) is 2.54. The number of carbonyl (C=O) groups is 1. The van der Waals surface area contributed by atoms with E-state index in [1.807, 2.05) is 25.1 Å². The predicted molar refractivity (Wildman–Crippen MR) is 66.8 cm³/mol. The van der Waals surface area contributed by atoms with Gasteiger partial charge in [-0.05, 0) is 25.8 Å². The number of nitrogens with two attached hydrogens (primary N) is 1. The van der Waals surface area contributed by atoms with Crippen molar-refractivity contribution >= 4 is 11.6 Å². The zero-order valence-corrected chi connectivity index (χ0v) is 10.0. The Morgan fingerprint density at radius 3 is 2.88 bits per heavy atom. The Morgan fingerprint density at radius 2 is 2.18 bits per heavy atom. The Morgan fingerprint density at radius 1 is 1.41 bits per heavy atom. The standard InChI is InChI=1S/C13H18N2O2/c1-9-4-5-11-10(8-9)12(14)13(17)15(11)6-2-3-7-16/h4-5,8,12,16H,2-3,6-7,14H2,1H3. The van der Waals surface area contributed by atoms with Gasteiger partial charge in [-0.1, -0.05) is 17.7 Å². The first-order chi connectivity index (χ1) is 8.15. The van der Waals surface area contributed by atoms with Crippen LogP contribution in [0, 0.1) is 6.92 Å². The molecule has 1 aliphatic rings. The number of rotatable bonds is 4. The van der Waals surface area contributed by atoms with Crippen LogP contribution in [0.4, 0.5) is 5.69 Å². The van der Waals surface area contributed by atoms with E-state index in [9.17, 15) is 4.79 Å². The number of benzene rings is 1. The lowest BCUT2D eigenvalue weighted by Gasteiger charge is -2.17. The summed E-state index contributed by atoms with van der Waals surface area (Å²) in [5, 5.41) is 8.76. The zero-order valence-electron chi connectivity index (χ0n) is 10.0. The average molecular weight is 234 g/mol. The zero-order chi connectivity index (χ0) is 12.4. The minimum atomic E-state index is -0.529. The number of aryl methyl sites for hydroxylation is 1. The first-order valence-corrected chi connectivity index (χ1v) is 5.93. The summed E-state index contributed by atoms with van der Waals surface area (Å²) in [7, 11) is 0. The van der Waals surface area contributed by atoms with Crippen molar-refractivity contribution in [1.82, 2.24) is 0 Å². The van der Waals surface area contributed by atoms with E-state index in [1.54, 1.807) is 4.90 Å². The van der Waals surface area contributed by atoms with Crippen molar-refractivity contribution in [3.63, 3.8) is 0 Å². The molecule has 0 bridgehead atoms. The minimum Gasteiger partial charge on any atom is -0.396 e. The number of hydrogen-bond acceptors (Lipinski definition) is 3. The lowest BCUT2D eigenvalue weighted by Crippen LogP contribution is -2.32. The molecule has 3 N–H and O–H groups in total. The first-order valence-electron chi connectivity index (χ1n) is 5.93. The lowest BCUT2D eigenvalue weighted by atomic mass is 10.1. The van der Waals surface area contributed by atoms with Crippen molar-refractivity contribution < 1.29 is 9.90 Å². The summed E-state index contributed by atoms with van der Waals surface area (Å²) in [5.74, 6) is -0.0384. The summed E-state index contributed by atoms with van der Waals surface area (Å²) in [6.07, 6.45) is 1.50. The monoisotopic (exact) mass is 234 g/mol. The summed E-state index contributed by atoms with van der Waals surface area (Å²) in [6.45, 7) is 2.78. The van der Waals surface area contributed by atoms with Crippen LogP contribution in [0.15, 0.2) is 18.2 Å². The second-order valence-corrected chi connectivity index (χ2v) is 4.46. The highest BCUT2D eigenvalue weighted by atomic mass is 16.3. The van der Waals surface area contributed by atoms with E-state index in [0.29, 0.717) is 13.0 Å². The van der Waals surface area contributed by atoms with Crippen LogP contribution in [-0.4, -0.2) is 24.2 Å². The highest BCUT2D eigenvalue weighted by molar-refractivity contribution is 6.04.